The third kappa shape index (κ3) is 2.07. The minimum absolute atomic E-state index is 0.187. The molecule has 2 nitrogen and oxygen atoms in total. The number of benzene rings is 1. The van der Waals surface area contributed by atoms with Gasteiger partial charge < -0.3 is 9.97 Å². The lowest BCUT2D eigenvalue weighted by Crippen LogP contribution is -2.03. The number of nitrogens with one attached hydrogen (secondary N) is 2. The second kappa shape index (κ2) is 4.75. The molecule has 90 valence electrons. The average Bonchev–Trinajstić information content (AvgIpc) is 3.06. The largest absolute Gasteiger partial charge is 0.364 e. The second-order valence-electron chi connectivity index (χ2n) is 4.24. The maximum absolute atomic E-state index is 5.95. The zero-order chi connectivity index (χ0) is 12.4. The van der Waals surface area contributed by atoms with Crippen molar-refractivity contribution in [3.63, 3.8) is 0 Å². The molecule has 3 aromatic rings. The van der Waals surface area contributed by atoms with E-state index in [0.29, 0.717) is 0 Å². The van der Waals surface area contributed by atoms with E-state index < -0.39 is 0 Å². The Morgan fingerprint density at radius 3 is 1.78 bits per heavy atom. The van der Waals surface area contributed by atoms with Crippen molar-refractivity contribution in [1.29, 1.82) is 0 Å². The van der Waals surface area contributed by atoms with Gasteiger partial charge in [-0.15, -0.1) is 0 Å². The fourth-order valence-corrected chi connectivity index (χ4v) is 2.36. The quantitative estimate of drug-likeness (QED) is 0.705. The predicted molar refractivity (Wildman–Crippen MR) is 74.0 cm³/mol. The van der Waals surface area contributed by atoms with Crippen LogP contribution in [0.25, 0.3) is 0 Å². The number of aromatic nitrogens is 2. The third-order valence-corrected chi connectivity index (χ3v) is 3.32. The summed E-state index contributed by atoms with van der Waals surface area (Å²) in [6, 6.07) is 16.2. The summed E-state index contributed by atoms with van der Waals surface area (Å²) < 4.78 is 0. The Morgan fingerprint density at radius 2 is 1.33 bits per heavy atom. The summed E-state index contributed by atoms with van der Waals surface area (Å²) in [4.78, 5) is 6.57. The molecule has 0 fully saturated rings. The predicted octanol–water partition coefficient (Wildman–Crippen LogP) is 4.18. The first-order valence-corrected chi connectivity index (χ1v) is 6.24. The normalized spacial score (nSPS) is 11.0. The highest BCUT2D eigenvalue weighted by Gasteiger charge is 2.17. The van der Waals surface area contributed by atoms with Gasteiger partial charge in [0.25, 0.3) is 0 Å². The summed E-state index contributed by atoms with van der Waals surface area (Å²) in [5, 5.41) is 0.760. The molecule has 0 saturated heterocycles. The zero-order valence-corrected chi connectivity index (χ0v) is 10.5. The minimum Gasteiger partial charge on any atom is -0.364 e. The van der Waals surface area contributed by atoms with Crippen molar-refractivity contribution in [3.05, 3.63) is 82.9 Å². The van der Waals surface area contributed by atoms with E-state index in [1.807, 2.05) is 36.7 Å². The highest BCUT2D eigenvalue weighted by atomic mass is 35.5. The molecular formula is C15H13ClN2. The third-order valence-electron chi connectivity index (χ3n) is 3.07. The van der Waals surface area contributed by atoms with Crippen LogP contribution in [0.4, 0.5) is 0 Å². The Hall–Kier alpha value is -1.93. The Bertz CT molecular complexity index is 560. The summed E-state index contributed by atoms with van der Waals surface area (Å²) in [5.74, 6) is 0.187. The first kappa shape index (κ1) is 11.2. The van der Waals surface area contributed by atoms with Gasteiger partial charge in [-0.2, -0.15) is 0 Å². The molecule has 0 aliphatic carbocycles. The van der Waals surface area contributed by atoms with E-state index in [-0.39, 0.29) is 5.92 Å². The van der Waals surface area contributed by atoms with E-state index in [4.69, 9.17) is 11.6 Å². The fourth-order valence-electron chi connectivity index (χ4n) is 2.23. The van der Waals surface area contributed by atoms with Crippen LogP contribution in [0.15, 0.2) is 60.9 Å². The lowest BCUT2D eigenvalue weighted by atomic mass is 9.93. The van der Waals surface area contributed by atoms with Crippen molar-refractivity contribution in [2.24, 2.45) is 0 Å². The Morgan fingerprint density at radius 1 is 0.778 bits per heavy atom. The van der Waals surface area contributed by atoms with Crippen molar-refractivity contribution in [2.45, 2.75) is 5.92 Å². The molecule has 0 aliphatic heterocycles. The van der Waals surface area contributed by atoms with Gasteiger partial charge in [-0.25, -0.2) is 0 Å². The number of hydrogen-bond donors (Lipinski definition) is 2. The summed E-state index contributed by atoms with van der Waals surface area (Å²) in [7, 11) is 0. The van der Waals surface area contributed by atoms with Gasteiger partial charge in [-0.3, -0.25) is 0 Å². The van der Waals surface area contributed by atoms with E-state index in [0.717, 1.165) is 5.02 Å². The highest BCUT2D eigenvalue weighted by molar-refractivity contribution is 6.30. The monoisotopic (exact) mass is 256 g/mol. The maximum Gasteiger partial charge on any atom is 0.0641 e. The molecule has 0 aliphatic rings. The number of aromatic amines is 2. The van der Waals surface area contributed by atoms with Crippen molar-refractivity contribution in [1.82, 2.24) is 9.97 Å². The van der Waals surface area contributed by atoms with E-state index in [2.05, 4.69) is 34.2 Å². The van der Waals surface area contributed by atoms with Crippen LogP contribution in [0, 0.1) is 0 Å². The lowest BCUT2D eigenvalue weighted by molar-refractivity contribution is 0.898. The van der Waals surface area contributed by atoms with Gasteiger partial charge in [0, 0.05) is 28.8 Å². The first-order chi connectivity index (χ1) is 8.84. The summed E-state index contributed by atoms with van der Waals surface area (Å²) in [5.41, 5.74) is 3.55. The SMILES string of the molecule is Clc1ccc(C(c2ccc[nH]2)c2ccc[nH]2)cc1. The van der Waals surface area contributed by atoms with Crippen LogP contribution in [0.5, 0.6) is 0 Å². The van der Waals surface area contributed by atoms with Crippen LogP contribution >= 0.6 is 11.6 Å². The molecule has 2 heterocycles. The van der Waals surface area contributed by atoms with Gasteiger partial charge in [0.05, 0.1) is 5.92 Å². The fraction of sp³-hybridized carbons (Fsp3) is 0.0667. The van der Waals surface area contributed by atoms with E-state index in [1.54, 1.807) is 0 Å². The van der Waals surface area contributed by atoms with Gasteiger partial charge in [0.2, 0.25) is 0 Å². The van der Waals surface area contributed by atoms with E-state index >= 15 is 0 Å². The Balaban J connectivity index is 2.08. The molecule has 2 N–H and O–H groups in total. The molecule has 1 aromatic carbocycles. The summed E-state index contributed by atoms with van der Waals surface area (Å²) >= 11 is 5.95. The Kier molecular flexibility index (Phi) is 2.95. The molecule has 0 unspecified atom stereocenters. The number of rotatable bonds is 3. The zero-order valence-electron chi connectivity index (χ0n) is 9.73. The molecule has 18 heavy (non-hydrogen) atoms. The van der Waals surface area contributed by atoms with Gasteiger partial charge in [-0.05, 0) is 42.0 Å². The van der Waals surface area contributed by atoms with Crippen molar-refractivity contribution < 1.29 is 0 Å². The van der Waals surface area contributed by atoms with Crippen molar-refractivity contribution in [2.75, 3.05) is 0 Å². The van der Waals surface area contributed by atoms with Gasteiger partial charge in [-0.1, -0.05) is 23.7 Å². The molecule has 3 rings (SSSR count). The molecule has 0 saturated carbocycles. The van der Waals surface area contributed by atoms with E-state index in [1.165, 1.54) is 17.0 Å². The summed E-state index contributed by atoms with van der Waals surface area (Å²) in [6.45, 7) is 0. The second-order valence-corrected chi connectivity index (χ2v) is 4.67. The van der Waals surface area contributed by atoms with Crippen LogP contribution < -0.4 is 0 Å². The number of H-pyrrole nitrogens is 2. The van der Waals surface area contributed by atoms with E-state index in [9.17, 15) is 0 Å². The molecule has 2 aromatic heterocycles. The van der Waals surface area contributed by atoms with Gasteiger partial charge >= 0.3 is 0 Å². The molecule has 0 atom stereocenters. The first-order valence-electron chi connectivity index (χ1n) is 5.86. The van der Waals surface area contributed by atoms with Crippen LogP contribution in [-0.2, 0) is 0 Å². The maximum atomic E-state index is 5.95. The molecule has 0 bridgehead atoms. The number of halogens is 1. The number of hydrogen-bond acceptors (Lipinski definition) is 0. The van der Waals surface area contributed by atoms with Crippen LogP contribution in [0.3, 0.4) is 0 Å². The Labute approximate surface area is 111 Å². The smallest absolute Gasteiger partial charge is 0.0641 e. The van der Waals surface area contributed by atoms with Crippen molar-refractivity contribution >= 4 is 11.6 Å². The standard InChI is InChI=1S/C15H13ClN2/c16-12-7-5-11(6-8-12)15(13-3-1-9-17-13)14-4-2-10-18-14/h1-10,15,17-18H. The molecule has 0 amide bonds. The average molecular weight is 257 g/mol. The van der Waals surface area contributed by atoms with Crippen LogP contribution in [-0.4, -0.2) is 9.97 Å². The molecule has 0 spiro atoms. The molecule has 0 radical (unpaired) electrons. The van der Waals surface area contributed by atoms with Crippen LogP contribution in [0.2, 0.25) is 5.02 Å². The minimum atomic E-state index is 0.187. The van der Waals surface area contributed by atoms with Gasteiger partial charge in [0.1, 0.15) is 0 Å². The molecule has 3 heteroatoms. The summed E-state index contributed by atoms with van der Waals surface area (Å²) in [6.07, 6.45) is 3.89. The van der Waals surface area contributed by atoms with Gasteiger partial charge in [0.15, 0.2) is 0 Å². The highest BCUT2D eigenvalue weighted by Crippen LogP contribution is 2.30. The lowest BCUT2D eigenvalue weighted by Gasteiger charge is -2.15. The topological polar surface area (TPSA) is 31.6 Å². The molecular weight excluding hydrogens is 244 g/mol. The van der Waals surface area contributed by atoms with Crippen LogP contribution in [0.1, 0.15) is 22.9 Å². The van der Waals surface area contributed by atoms with Crippen molar-refractivity contribution in [3.8, 4) is 0 Å².